The molecule has 1 rings (SSSR count). The minimum absolute atomic E-state index is 0.108. The number of rotatable bonds is 0. The highest BCUT2D eigenvalue weighted by Crippen LogP contribution is 2.31. The molecule has 2 heteroatoms. The van der Waals surface area contributed by atoms with Gasteiger partial charge in [0.15, 0.2) is 6.29 Å². The van der Waals surface area contributed by atoms with Gasteiger partial charge in [-0.05, 0) is 24.8 Å². The quantitative estimate of drug-likeness (QED) is 0.564. The normalized spacial score (nSPS) is 31.6. The first kappa shape index (κ1) is 9.75. The largest absolute Gasteiger partial charge is 0.365 e. The molecule has 70 valence electrons. The van der Waals surface area contributed by atoms with E-state index in [1.807, 2.05) is 6.92 Å². The summed E-state index contributed by atoms with van der Waals surface area (Å²) in [6.07, 6.45) is 2.13. The van der Waals surface area contributed by atoms with Crippen LogP contribution in [0.25, 0.3) is 0 Å². The van der Waals surface area contributed by atoms with E-state index in [-0.39, 0.29) is 11.5 Å². The summed E-state index contributed by atoms with van der Waals surface area (Å²) in [5.41, 5.74) is 1.32. The predicted octanol–water partition coefficient (Wildman–Crippen LogP) is 2.09. The lowest BCUT2D eigenvalue weighted by molar-refractivity contribution is -0.145. The second-order valence-corrected chi connectivity index (χ2v) is 4.60. The molecule has 0 fully saturated rings. The average molecular weight is 170 g/mol. The Kier molecular flexibility index (Phi) is 2.59. The molecule has 1 aliphatic rings. The van der Waals surface area contributed by atoms with Crippen molar-refractivity contribution in [3.05, 3.63) is 11.6 Å². The molecule has 0 aromatic carbocycles. The van der Waals surface area contributed by atoms with E-state index < -0.39 is 6.29 Å². The van der Waals surface area contributed by atoms with Gasteiger partial charge in [-0.15, -0.1) is 0 Å². The highest BCUT2D eigenvalue weighted by Gasteiger charge is 2.29. The Bertz CT molecular complexity index is 189. The summed E-state index contributed by atoms with van der Waals surface area (Å²) in [4.78, 5) is 0. The minimum atomic E-state index is -0.706. The molecule has 0 aliphatic carbocycles. The van der Waals surface area contributed by atoms with Crippen molar-refractivity contribution in [1.82, 2.24) is 0 Å². The van der Waals surface area contributed by atoms with Crippen molar-refractivity contribution in [3.63, 3.8) is 0 Å². The second kappa shape index (κ2) is 3.19. The number of hydrogen-bond acceptors (Lipinski definition) is 2. The third-order valence-corrected chi connectivity index (χ3v) is 2.20. The highest BCUT2D eigenvalue weighted by molar-refractivity contribution is 5.06. The lowest BCUT2D eigenvalue weighted by Gasteiger charge is -2.35. The SMILES string of the molecule is CC1=CC(O)OC(C(C)(C)C)C1. The first-order valence-corrected chi connectivity index (χ1v) is 4.40. The van der Waals surface area contributed by atoms with Gasteiger partial charge in [0, 0.05) is 0 Å². The van der Waals surface area contributed by atoms with Crippen molar-refractivity contribution >= 4 is 0 Å². The van der Waals surface area contributed by atoms with Crippen LogP contribution >= 0.6 is 0 Å². The van der Waals surface area contributed by atoms with Crippen LogP contribution in [0.1, 0.15) is 34.1 Å². The zero-order chi connectivity index (χ0) is 9.35. The van der Waals surface area contributed by atoms with E-state index >= 15 is 0 Å². The fraction of sp³-hybridized carbons (Fsp3) is 0.800. The topological polar surface area (TPSA) is 29.5 Å². The first-order chi connectivity index (χ1) is 5.39. The van der Waals surface area contributed by atoms with Crippen molar-refractivity contribution in [3.8, 4) is 0 Å². The number of hydrogen-bond donors (Lipinski definition) is 1. The van der Waals surface area contributed by atoms with Crippen molar-refractivity contribution in [2.24, 2.45) is 5.41 Å². The van der Waals surface area contributed by atoms with Crippen LogP contribution in [-0.2, 0) is 4.74 Å². The Morgan fingerprint density at radius 3 is 2.50 bits per heavy atom. The van der Waals surface area contributed by atoms with Gasteiger partial charge in [-0.3, -0.25) is 0 Å². The first-order valence-electron chi connectivity index (χ1n) is 4.40. The molecule has 0 aromatic heterocycles. The predicted molar refractivity (Wildman–Crippen MR) is 48.7 cm³/mol. The monoisotopic (exact) mass is 170 g/mol. The van der Waals surface area contributed by atoms with Crippen LogP contribution in [0.2, 0.25) is 0 Å². The van der Waals surface area contributed by atoms with Crippen LogP contribution in [0.15, 0.2) is 11.6 Å². The zero-order valence-corrected chi connectivity index (χ0v) is 8.29. The zero-order valence-electron chi connectivity index (χ0n) is 8.29. The van der Waals surface area contributed by atoms with Gasteiger partial charge >= 0.3 is 0 Å². The van der Waals surface area contributed by atoms with Crippen molar-refractivity contribution < 1.29 is 9.84 Å². The average Bonchev–Trinajstić information content (AvgIpc) is 1.82. The van der Waals surface area contributed by atoms with Crippen molar-refractivity contribution in [2.45, 2.75) is 46.5 Å². The van der Waals surface area contributed by atoms with E-state index in [2.05, 4.69) is 20.8 Å². The van der Waals surface area contributed by atoms with E-state index in [1.54, 1.807) is 6.08 Å². The Morgan fingerprint density at radius 1 is 1.50 bits per heavy atom. The second-order valence-electron chi connectivity index (χ2n) is 4.60. The lowest BCUT2D eigenvalue weighted by atomic mass is 9.84. The molecule has 2 atom stereocenters. The molecule has 0 spiro atoms. The molecule has 0 saturated carbocycles. The van der Waals surface area contributed by atoms with Gasteiger partial charge in [0.05, 0.1) is 6.10 Å². The maximum Gasteiger partial charge on any atom is 0.174 e. The molecule has 1 heterocycles. The summed E-state index contributed by atoms with van der Waals surface area (Å²) in [7, 11) is 0. The molecule has 0 bridgehead atoms. The lowest BCUT2D eigenvalue weighted by Crippen LogP contribution is -2.35. The minimum Gasteiger partial charge on any atom is -0.365 e. The van der Waals surface area contributed by atoms with Gasteiger partial charge in [-0.1, -0.05) is 26.3 Å². The van der Waals surface area contributed by atoms with E-state index in [0.29, 0.717) is 0 Å². The van der Waals surface area contributed by atoms with Gasteiger partial charge in [0.25, 0.3) is 0 Å². The van der Waals surface area contributed by atoms with E-state index in [1.165, 1.54) is 5.57 Å². The molecule has 12 heavy (non-hydrogen) atoms. The van der Waals surface area contributed by atoms with Crippen LogP contribution in [-0.4, -0.2) is 17.5 Å². The van der Waals surface area contributed by atoms with Crippen molar-refractivity contribution in [1.29, 1.82) is 0 Å². The summed E-state index contributed by atoms with van der Waals surface area (Å²) in [5.74, 6) is 0. The molecule has 2 unspecified atom stereocenters. The summed E-state index contributed by atoms with van der Waals surface area (Å²) >= 11 is 0. The van der Waals surface area contributed by atoms with Crippen LogP contribution < -0.4 is 0 Å². The molecule has 2 nitrogen and oxygen atoms in total. The van der Waals surface area contributed by atoms with Gasteiger partial charge in [-0.25, -0.2) is 0 Å². The van der Waals surface area contributed by atoms with Gasteiger partial charge < -0.3 is 9.84 Å². The van der Waals surface area contributed by atoms with E-state index in [9.17, 15) is 5.11 Å². The fourth-order valence-corrected chi connectivity index (χ4v) is 1.37. The Morgan fingerprint density at radius 2 is 2.08 bits per heavy atom. The highest BCUT2D eigenvalue weighted by atomic mass is 16.6. The number of ether oxygens (including phenoxy) is 1. The Balaban J connectivity index is 2.68. The maximum atomic E-state index is 9.31. The van der Waals surface area contributed by atoms with Gasteiger partial charge in [-0.2, -0.15) is 0 Å². The number of aliphatic hydroxyl groups is 1. The smallest absolute Gasteiger partial charge is 0.174 e. The molecule has 0 amide bonds. The maximum absolute atomic E-state index is 9.31. The molecule has 0 saturated heterocycles. The van der Waals surface area contributed by atoms with Crippen LogP contribution in [0.5, 0.6) is 0 Å². The van der Waals surface area contributed by atoms with E-state index in [4.69, 9.17) is 4.74 Å². The van der Waals surface area contributed by atoms with Crippen LogP contribution in [0, 0.1) is 5.41 Å². The molecule has 0 aromatic rings. The summed E-state index contributed by atoms with van der Waals surface area (Å²) in [5, 5.41) is 9.31. The number of aliphatic hydroxyl groups excluding tert-OH is 1. The van der Waals surface area contributed by atoms with Crippen LogP contribution in [0.4, 0.5) is 0 Å². The van der Waals surface area contributed by atoms with Gasteiger partial charge in [0.1, 0.15) is 0 Å². The Labute approximate surface area is 74.2 Å². The molecular formula is C10H18O2. The standard InChI is InChI=1S/C10H18O2/c1-7-5-8(10(2,3)4)12-9(11)6-7/h6,8-9,11H,5H2,1-4H3. The summed E-state index contributed by atoms with van der Waals surface area (Å²) in [6.45, 7) is 8.42. The molecular weight excluding hydrogens is 152 g/mol. The molecule has 0 radical (unpaired) electrons. The van der Waals surface area contributed by atoms with Crippen LogP contribution in [0.3, 0.4) is 0 Å². The van der Waals surface area contributed by atoms with Gasteiger partial charge in [0.2, 0.25) is 0 Å². The van der Waals surface area contributed by atoms with E-state index in [0.717, 1.165) is 6.42 Å². The third-order valence-electron chi connectivity index (χ3n) is 2.20. The molecule has 1 N–H and O–H groups in total. The molecule has 1 aliphatic heterocycles. The third kappa shape index (κ3) is 2.32. The summed E-state index contributed by atoms with van der Waals surface area (Å²) < 4.78 is 5.40. The van der Waals surface area contributed by atoms with Crippen molar-refractivity contribution in [2.75, 3.05) is 0 Å². The summed E-state index contributed by atoms with van der Waals surface area (Å²) in [6, 6.07) is 0. The Hall–Kier alpha value is -0.340. The fourth-order valence-electron chi connectivity index (χ4n) is 1.37.